The normalized spacial score (nSPS) is 11.5. The number of nitro benzene ring substituents is 1. The predicted molar refractivity (Wildman–Crippen MR) is 93.3 cm³/mol. The van der Waals surface area contributed by atoms with Gasteiger partial charge in [0.1, 0.15) is 5.69 Å². The van der Waals surface area contributed by atoms with E-state index >= 15 is 0 Å². The number of hydrogen-bond acceptors (Lipinski definition) is 5. The highest BCUT2D eigenvalue weighted by Gasteiger charge is 2.17. The molecule has 0 heterocycles. The maximum Gasteiger partial charge on any atom is 0.294 e. The molecule has 0 unspecified atom stereocenters. The summed E-state index contributed by atoms with van der Waals surface area (Å²) in [6.07, 6.45) is 0.859. The molecule has 2 aromatic rings. The van der Waals surface area contributed by atoms with E-state index in [1.54, 1.807) is 12.1 Å². The van der Waals surface area contributed by atoms with Gasteiger partial charge in [-0.2, -0.15) is 0 Å². The van der Waals surface area contributed by atoms with Gasteiger partial charge in [-0.3, -0.25) is 14.8 Å². The summed E-state index contributed by atoms with van der Waals surface area (Å²) in [4.78, 5) is 10.3. The van der Waals surface area contributed by atoms with E-state index in [1.807, 2.05) is 0 Å². The van der Waals surface area contributed by atoms with Gasteiger partial charge in [-0.1, -0.05) is 26.0 Å². The molecule has 3 N–H and O–H groups in total. The van der Waals surface area contributed by atoms with Crippen LogP contribution in [-0.4, -0.2) is 13.3 Å². The van der Waals surface area contributed by atoms with E-state index < -0.39 is 14.9 Å². The van der Waals surface area contributed by atoms with Crippen LogP contribution < -0.4 is 10.5 Å². The van der Waals surface area contributed by atoms with Crippen LogP contribution in [0.2, 0.25) is 0 Å². The summed E-state index contributed by atoms with van der Waals surface area (Å²) < 4.78 is 27.1. The van der Waals surface area contributed by atoms with Crippen molar-refractivity contribution in [3.8, 4) is 0 Å². The fourth-order valence-corrected chi connectivity index (χ4v) is 3.30. The molecule has 0 fully saturated rings. The van der Waals surface area contributed by atoms with E-state index in [9.17, 15) is 18.5 Å². The first kappa shape index (κ1) is 17.7. The fraction of sp³-hybridized carbons (Fsp3) is 0.250. The molecule has 0 saturated carbocycles. The van der Waals surface area contributed by atoms with Crippen LogP contribution in [0.4, 0.5) is 17.1 Å². The van der Waals surface area contributed by atoms with E-state index in [4.69, 9.17) is 5.73 Å². The maximum atomic E-state index is 12.4. The van der Waals surface area contributed by atoms with Crippen LogP contribution in [0.5, 0.6) is 0 Å². The van der Waals surface area contributed by atoms with Crippen LogP contribution in [0.3, 0.4) is 0 Å². The molecule has 24 heavy (non-hydrogen) atoms. The van der Waals surface area contributed by atoms with Crippen molar-refractivity contribution >= 4 is 27.1 Å². The van der Waals surface area contributed by atoms with Crippen molar-refractivity contribution < 1.29 is 13.3 Å². The van der Waals surface area contributed by atoms with Crippen LogP contribution in [0, 0.1) is 16.0 Å². The fourth-order valence-electron chi connectivity index (χ4n) is 2.26. The highest BCUT2D eigenvalue weighted by molar-refractivity contribution is 7.92. The van der Waals surface area contributed by atoms with E-state index in [2.05, 4.69) is 18.6 Å². The van der Waals surface area contributed by atoms with Gasteiger partial charge in [0.15, 0.2) is 0 Å². The second-order valence-corrected chi connectivity index (χ2v) is 7.56. The van der Waals surface area contributed by atoms with E-state index in [0.29, 0.717) is 5.92 Å². The number of nitrogens with zero attached hydrogens (tertiary/aromatic N) is 1. The number of hydrogen-bond donors (Lipinski definition) is 2. The number of rotatable bonds is 6. The van der Waals surface area contributed by atoms with Crippen molar-refractivity contribution in [2.75, 3.05) is 10.5 Å². The molecule has 0 saturated heterocycles. The van der Waals surface area contributed by atoms with E-state index in [-0.39, 0.29) is 22.0 Å². The minimum Gasteiger partial charge on any atom is -0.393 e. The van der Waals surface area contributed by atoms with Gasteiger partial charge >= 0.3 is 0 Å². The van der Waals surface area contributed by atoms with Crippen molar-refractivity contribution in [2.45, 2.75) is 25.2 Å². The first-order valence-electron chi connectivity index (χ1n) is 7.34. The Morgan fingerprint density at radius 2 is 1.79 bits per heavy atom. The second-order valence-electron chi connectivity index (χ2n) is 5.88. The molecule has 0 bridgehead atoms. The lowest BCUT2D eigenvalue weighted by Crippen LogP contribution is -2.13. The van der Waals surface area contributed by atoms with Crippen molar-refractivity contribution in [2.24, 2.45) is 5.92 Å². The number of benzene rings is 2. The molecular weight excluding hydrogens is 330 g/mol. The molecule has 0 amide bonds. The summed E-state index contributed by atoms with van der Waals surface area (Å²) >= 11 is 0. The average Bonchev–Trinajstić information content (AvgIpc) is 2.48. The maximum absolute atomic E-state index is 12.4. The van der Waals surface area contributed by atoms with Crippen LogP contribution in [-0.2, 0) is 16.4 Å². The zero-order valence-corrected chi connectivity index (χ0v) is 14.2. The monoisotopic (exact) mass is 349 g/mol. The van der Waals surface area contributed by atoms with Gasteiger partial charge < -0.3 is 5.73 Å². The van der Waals surface area contributed by atoms with Gasteiger partial charge in [0.2, 0.25) is 0 Å². The van der Waals surface area contributed by atoms with E-state index in [1.165, 1.54) is 24.3 Å². The molecule has 0 aromatic heterocycles. The van der Waals surface area contributed by atoms with Gasteiger partial charge in [-0.05, 0) is 42.2 Å². The van der Waals surface area contributed by atoms with Gasteiger partial charge in [0.25, 0.3) is 15.7 Å². The number of sulfonamides is 1. The third-order valence-corrected chi connectivity index (χ3v) is 4.75. The molecule has 2 rings (SSSR count). The van der Waals surface area contributed by atoms with Crippen LogP contribution >= 0.6 is 0 Å². The van der Waals surface area contributed by atoms with Crippen molar-refractivity contribution in [3.63, 3.8) is 0 Å². The van der Waals surface area contributed by atoms with Gasteiger partial charge in [-0.25, -0.2) is 8.42 Å². The predicted octanol–water partition coefficient (Wildman–Crippen LogP) is 3.18. The summed E-state index contributed by atoms with van der Waals surface area (Å²) in [7, 11) is -3.83. The summed E-state index contributed by atoms with van der Waals surface area (Å²) in [5, 5.41) is 10.9. The first-order chi connectivity index (χ1) is 11.2. The lowest BCUT2D eigenvalue weighted by atomic mass is 10.0. The number of nitro groups is 1. The van der Waals surface area contributed by atoms with Crippen molar-refractivity contribution in [1.82, 2.24) is 0 Å². The SMILES string of the molecule is CC(C)Cc1ccc(S(=O)(=O)Nc2ccc(N)c([N+](=O)[O-])c2)cc1. The Morgan fingerprint density at radius 3 is 2.33 bits per heavy atom. The Labute approximate surface area is 140 Å². The summed E-state index contributed by atoms with van der Waals surface area (Å²) in [6.45, 7) is 4.17. The highest BCUT2D eigenvalue weighted by Crippen LogP contribution is 2.26. The topological polar surface area (TPSA) is 115 Å². The number of nitrogens with one attached hydrogen (secondary N) is 1. The van der Waals surface area contributed by atoms with Crippen molar-refractivity contribution in [3.05, 3.63) is 58.1 Å². The molecule has 8 heteroatoms. The molecule has 0 aliphatic rings. The van der Waals surface area contributed by atoms with Gasteiger partial charge in [-0.15, -0.1) is 0 Å². The van der Waals surface area contributed by atoms with Crippen LogP contribution in [0.1, 0.15) is 19.4 Å². The molecule has 0 atom stereocenters. The lowest BCUT2D eigenvalue weighted by molar-refractivity contribution is -0.383. The quantitative estimate of drug-likeness (QED) is 0.472. The summed E-state index contributed by atoms with van der Waals surface area (Å²) in [6, 6.07) is 10.3. The standard InChI is InChI=1S/C16H19N3O4S/c1-11(2)9-12-3-6-14(7-4-12)24(22,23)18-13-5-8-15(17)16(10-13)19(20)21/h3-8,10-11,18H,9,17H2,1-2H3. The number of anilines is 2. The van der Waals surface area contributed by atoms with Gasteiger partial charge in [0.05, 0.1) is 15.5 Å². The zero-order valence-electron chi connectivity index (χ0n) is 13.4. The summed E-state index contributed by atoms with van der Waals surface area (Å²) in [5.41, 5.74) is 6.26. The largest absolute Gasteiger partial charge is 0.393 e. The zero-order chi connectivity index (χ0) is 17.9. The highest BCUT2D eigenvalue weighted by atomic mass is 32.2. The minimum atomic E-state index is -3.83. The molecule has 0 spiro atoms. The molecule has 0 aliphatic heterocycles. The third-order valence-electron chi connectivity index (χ3n) is 3.36. The molecule has 0 aliphatic carbocycles. The Kier molecular flexibility index (Phi) is 5.08. The smallest absolute Gasteiger partial charge is 0.294 e. The molecule has 128 valence electrons. The molecule has 0 radical (unpaired) electrons. The van der Waals surface area contributed by atoms with Gasteiger partial charge in [0, 0.05) is 6.07 Å². The van der Waals surface area contributed by atoms with Crippen LogP contribution in [0.15, 0.2) is 47.4 Å². The number of nitrogens with two attached hydrogens (primary N) is 1. The molecule has 7 nitrogen and oxygen atoms in total. The Bertz CT molecular complexity index is 846. The van der Waals surface area contributed by atoms with Crippen molar-refractivity contribution in [1.29, 1.82) is 0 Å². The third kappa shape index (κ3) is 4.23. The van der Waals surface area contributed by atoms with Crippen LogP contribution in [0.25, 0.3) is 0 Å². The Balaban J connectivity index is 2.25. The minimum absolute atomic E-state index is 0.0269. The molecular formula is C16H19N3O4S. The number of nitrogen functional groups attached to an aromatic ring is 1. The molecule has 2 aromatic carbocycles. The van der Waals surface area contributed by atoms with E-state index in [0.717, 1.165) is 18.1 Å². The Hall–Kier alpha value is -2.61. The average molecular weight is 349 g/mol. The Morgan fingerprint density at radius 1 is 1.17 bits per heavy atom. The lowest BCUT2D eigenvalue weighted by Gasteiger charge is -2.10. The second kappa shape index (κ2) is 6.88. The summed E-state index contributed by atoms with van der Waals surface area (Å²) in [5.74, 6) is 0.473. The first-order valence-corrected chi connectivity index (χ1v) is 8.83.